The number of nitrogens with zero attached hydrogens (tertiary/aromatic N) is 1. The van der Waals surface area contributed by atoms with Gasteiger partial charge in [0.2, 0.25) is 0 Å². The van der Waals surface area contributed by atoms with Crippen molar-refractivity contribution < 1.29 is 14.3 Å². The van der Waals surface area contributed by atoms with E-state index in [4.69, 9.17) is 9.47 Å². The summed E-state index contributed by atoms with van der Waals surface area (Å²) in [4.78, 5) is 14.4. The lowest BCUT2D eigenvalue weighted by molar-refractivity contribution is 0.0734. The Morgan fingerprint density at radius 1 is 0.958 bits per heavy atom. The highest BCUT2D eigenvalue weighted by Gasteiger charge is 2.23. The highest BCUT2D eigenvalue weighted by molar-refractivity contribution is 5.94. The number of carbonyl (C=O) groups is 1. The van der Waals surface area contributed by atoms with E-state index in [9.17, 15) is 4.79 Å². The van der Waals surface area contributed by atoms with E-state index in [1.807, 2.05) is 61.2 Å². The maximum Gasteiger partial charge on any atom is 0.254 e. The molecule has 4 heteroatoms. The van der Waals surface area contributed by atoms with E-state index in [1.165, 1.54) is 5.56 Å². The standard InChI is InChI=1S/C18H19NO3.C2H6/c1-21-16-10-14-8-9-19(12-15(14)11-17(16)22-2)18(20)13-6-4-3-5-7-13;1-2/h3-7,10-11H,8-9,12H2,1-2H3;1-2H3. The van der Waals surface area contributed by atoms with Gasteiger partial charge in [0.15, 0.2) is 11.5 Å². The van der Waals surface area contributed by atoms with Gasteiger partial charge < -0.3 is 14.4 Å². The molecule has 0 saturated carbocycles. The third-order valence-corrected chi connectivity index (χ3v) is 4.03. The second-order valence-electron chi connectivity index (χ2n) is 5.32. The number of hydrogen-bond donors (Lipinski definition) is 0. The minimum absolute atomic E-state index is 0.0704. The van der Waals surface area contributed by atoms with E-state index in [1.54, 1.807) is 14.2 Å². The second kappa shape index (κ2) is 8.39. The Labute approximate surface area is 144 Å². The summed E-state index contributed by atoms with van der Waals surface area (Å²) in [7, 11) is 3.26. The highest BCUT2D eigenvalue weighted by Crippen LogP contribution is 2.33. The number of carbonyl (C=O) groups excluding carboxylic acids is 1. The molecule has 0 aromatic heterocycles. The summed E-state index contributed by atoms with van der Waals surface area (Å²) >= 11 is 0. The van der Waals surface area contributed by atoms with Crippen LogP contribution in [-0.2, 0) is 13.0 Å². The first-order chi connectivity index (χ1) is 11.7. The van der Waals surface area contributed by atoms with Crippen LogP contribution in [0, 0.1) is 0 Å². The van der Waals surface area contributed by atoms with Gasteiger partial charge in [0.25, 0.3) is 5.91 Å². The Morgan fingerprint density at radius 3 is 2.12 bits per heavy atom. The summed E-state index contributed by atoms with van der Waals surface area (Å²) < 4.78 is 10.7. The zero-order valence-corrected chi connectivity index (χ0v) is 14.8. The van der Waals surface area contributed by atoms with Crippen molar-refractivity contribution in [2.45, 2.75) is 26.8 Å². The van der Waals surface area contributed by atoms with E-state index in [-0.39, 0.29) is 5.91 Å². The van der Waals surface area contributed by atoms with Crippen LogP contribution in [0.1, 0.15) is 35.3 Å². The summed E-state index contributed by atoms with van der Waals surface area (Å²) in [5.41, 5.74) is 3.06. The molecular formula is C20H25NO3. The van der Waals surface area contributed by atoms with Gasteiger partial charge in [0.1, 0.15) is 0 Å². The molecule has 128 valence electrons. The molecule has 0 saturated heterocycles. The average Bonchev–Trinajstić information content (AvgIpc) is 2.68. The van der Waals surface area contributed by atoms with Crippen LogP contribution in [0.3, 0.4) is 0 Å². The Kier molecular flexibility index (Phi) is 6.24. The van der Waals surface area contributed by atoms with Gasteiger partial charge in [-0.1, -0.05) is 32.0 Å². The van der Waals surface area contributed by atoms with Gasteiger partial charge >= 0.3 is 0 Å². The van der Waals surface area contributed by atoms with Crippen LogP contribution in [0.15, 0.2) is 42.5 Å². The quantitative estimate of drug-likeness (QED) is 0.857. The molecule has 24 heavy (non-hydrogen) atoms. The molecule has 2 aromatic carbocycles. The molecule has 1 amide bonds. The summed E-state index contributed by atoms with van der Waals surface area (Å²) in [6.07, 6.45) is 0.828. The van der Waals surface area contributed by atoms with Crippen LogP contribution in [-0.4, -0.2) is 31.6 Å². The molecule has 4 nitrogen and oxygen atoms in total. The molecule has 3 rings (SSSR count). The highest BCUT2D eigenvalue weighted by atomic mass is 16.5. The molecule has 1 aliphatic heterocycles. The van der Waals surface area contributed by atoms with Gasteiger partial charge in [-0.3, -0.25) is 4.79 Å². The topological polar surface area (TPSA) is 38.8 Å². The Morgan fingerprint density at radius 2 is 1.54 bits per heavy atom. The van der Waals surface area contributed by atoms with Crippen molar-refractivity contribution in [1.29, 1.82) is 0 Å². The number of hydrogen-bond acceptors (Lipinski definition) is 3. The van der Waals surface area contributed by atoms with E-state index in [0.29, 0.717) is 12.3 Å². The number of benzene rings is 2. The normalized spacial score (nSPS) is 12.6. The van der Waals surface area contributed by atoms with Crippen molar-refractivity contribution >= 4 is 5.91 Å². The van der Waals surface area contributed by atoms with Gasteiger partial charge in [-0.15, -0.1) is 0 Å². The van der Waals surface area contributed by atoms with E-state index < -0.39 is 0 Å². The largest absolute Gasteiger partial charge is 0.493 e. The maximum atomic E-state index is 12.6. The summed E-state index contributed by atoms with van der Waals surface area (Å²) in [5.74, 6) is 1.51. The number of methoxy groups -OCH3 is 2. The molecule has 0 bridgehead atoms. The Hall–Kier alpha value is -2.49. The smallest absolute Gasteiger partial charge is 0.254 e. The van der Waals surface area contributed by atoms with E-state index in [0.717, 1.165) is 29.8 Å². The first-order valence-electron chi connectivity index (χ1n) is 8.31. The van der Waals surface area contributed by atoms with Crippen LogP contribution in [0.25, 0.3) is 0 Å². The maximum absolute atomic E-state index is 12.6. The molecule has 0 spiro atoms. The van der Waals surface area contributed by atoms with E-state index in [2.05, 4.69) is 0 Å². The van der Waals surface area contributed by atoms with Crippen LogP contribution in [0.5, 0.6) is 11.5 Å². The SMILES string of the molecule is CC.COc1cc2c(cc1OC)CN(C(=O)c1ccccc1)CC2. The fourth-order valence-electron chi connectivity index (χ4n) is 2.82. The summed E-state index contributed by atoms with van der Waals surface area (Å²) in [6, 6.07) is 13.4. The third-order valence-electron chi connectivity index (χ3n) is 4.03. The predicted octanol–water partition coefficient (Wildman–Crippen LogP) is 3.93. The Bertz CT molecular complexity index is 683. The lowest BCUT2D eigenvalue weighted by Crippen LogP contribution is -2.35. The number of rotatable bonds is 3. The lowest BCUT2D eigenvalue weighted by Gasteiger charge is -2.29. The van der Waals surface area contributed by atoms with Crippen LogP contribution < -0.4 is 9.47 Å². The minimum Gasteiger partial charge on any atom is -0.493 e. The van der Waals surface area contributed by atoms with Crippen molar-refractivity contribution in [3.8, 4) is 11.5 Å². The van der Waals surface area contributed by atoms with Crippen molar-refractivity contribution in [3.63, 3.8) is 0 Å². The molecule has 1 heterocycles. The van der Waals surface area contributed by atoms with Gasteiger partial charge in [-0.2, -0.15) is 0 Å². The average molecular weight is 327 g/mol. The zero-order chi connectivity index (χ0) is 17.5. The van der Waals surface area contributed by atoms with Crippen LogP contribution in [0.2, 0.25) is 0 Å². The zero-order valence-electron chi connectivity index (χ0n) is 14.8. The molecule has 0 fully saturated rings. The molecule has 1 aliphatic rings. The summed E-state index contributed by atoms with van der Waals surface area (Å²) in [6.45, 7) is 5.32. The van der Waals surface area contributed by atoms with Crippen LogP contribution in [0.4, 0.5) is 0 Å². The Balaban J connectivity index is 0.00000100. The first kappa shape index (κ1) is 17.9. The van der Waals surface area contributed by atoms with Gasteiger partial charge in [-0.05, 0) is 41.8 Å². The molecule has 0 atom stereocenters. The predicted molar refractivity (Wildman–Crippen MR) is 95.8 cm³/mol. The van der Waals surface area contributed by atoms with Crippen LogP contribution >= 0.6 is 0 Å². The fourth-order valence-corrected chi connectivity index (χ4v) is 2.82. The number of ether oxygens (including phenoxy) is 2. The summed E-state index contributed by atoms with van der Waals surface area (Å²) in [5, 5.41) is 0. The molecule has 0 radical (unpaired) electrons. The van der Waals surface area contributed by atoms with Gasteiger partial charge in [0.05, 0.1) is 14.2 Å². The molecular weight excluding hydrogens is 302 g/mol. The monoisotopic (exact) mass is 327 g/mol. The molecule has 0 N–H and O–H groups in total. The minimum atomic E-state index is 0.0704. The van der Waals surface area contributed by atoms with Crippen molar-refractivity contribution in [1.82, 2.24) is 4.90 Å². The third kappa shape index (κ3) is 3.70. The van der Waals surface area contributed by atoms with Crippen molar-refractivity contribution in [2.75, 3.05) is 20.8 Å². The van der Waals surface area contributed by atoms with Gasteiger partial charge in [-0.25, -0.2) is 0 Å². The van der Waals surface area contributed by atoms with Gasteiger partial charge in [0, 0.05) is 18.7 Å². The fraction of sp³-hybridized carbons (Fsp3) is 0.350. The second-order valence-corrected chi connectivity index (χ2v) is 5.32. The van der Waals surface area contributed by atoms with Crippen molar-refractivity contribution in [2.24, 2.45) is 0 Å². The lowest BCUT2D eigenvalue weighted by atomic mass is 9.98. The first-order valence-corrected chi connectivity index (χ1v) is 8.31. The molecule has 0 unspecified atom stereocenters. The number of amides is 1. The molecule has 0 aliphatic carbocycles. The number of fused-ring (bicyclic) bond motifs is 1. The van der Waals surface area contributed by atoms with E-state index >= 15 is 0 Å². The molecule has 2 aromatic rings. The van der Waals surface area contributed by atoms with Crippen molar-refractivity contribution in [3.05, 3.63) is 59.2 Å².